The highest BCUT2D eigenvalue weighted by Gasteiger charge is 2.30. The van der Waals surface area contributed by atoms with Crippen LogP contribution in [0.5, 0.6) is 5.75 Å². The highest BCUT2D eigenvalue weighted by molar-refractivity contribution is 7.89. The first-order valence-corrected chi connectivity index (χ1v) is 13.6. The third-order valence-corrected chi connectivity index (χ3v) is 7.06. The normalized spacial score (nSPS) is 12.3. The molecule has 1 heterocycles. The molecule has 0 aliphatic heterocycles. The van der Waals surface area contributed by atoms with E-state index in [0.717, 1.165) is 11.1 Å². The van der Waals surface area contributed by atoms with E-state index in [1.165, 1.54) is 6.07 Å². The fraction of sp³-hybridized carbons (Fsp3) is 0.214. The molecule has 4 N–H and O–H groups in total. The number of carbonyl (C=O) groups is 1. The Bertz CT molecular complexity index is 1470. The van der Waals surface area contributed by atoms with Crippen LogP contribution < -0.4 is 20.5 Å². The fourth-order valence-corrected chi connectivity index (χ4v) is 4.72. The number of benzene rings is 3. The molecule has 1 atom stereocenters. The van der Waals surface area contributed by atoms with Gasteiger partial charge in [-0.1, -0.05) is 73.6 Å². The molecular weight excluding hydrogens is 504 g/mol. The molecule has 0 bridgehead atoms. The van der Waals surface area contributed by atoms with Gasteiger partial charge in [-0.25, -0.2) is 8.42 Å². The van der Waals surface area contributed by atoms with Crippen molar-refractivity contribution in [1.29, 1.82) is 0 Å². The van der Waals surface area contributed by atoms with Crippen LogP contribution in [-0.4, -0.2) is 19.5 Å². The van der Waals surface area contributed by atoms with E-state index in [1.807, 2.05) is 50.2 Å². The second kappa shape index (κ2) is 12.0. The van der Waals surface area contributed by atoms with E-state index in [9.17, 15) is 13.2 Å². The van der Waals surface area contributed by atoms with Gasteiger partial charge in [-0.15, -0.1) is 0 Å². The smallest absolute Gasteiger partial charge is 0.277 e. The zero-order valence-corrected chi connectivity index (χ0v) is 21.9. The van der Waals surface area contributed by atoms with Crippen molar-refractivity contribution in [3.8, 4) is 5.75 Å². The van der Waals surface area contributed by atoms with E-state index < -0.39 is 22.0 Å². The summed E-state index contributed by atoms with van der Waals surface area (Å²) in [5, 5.41) is 6.23. The zero-order chi connectivity index (χ0) is 27.1. The summed E-state index contributed by atoms with van der Waals surface area (Å²) in [7, 11) is -4.22. The molecule has 0 spiro atoms. The van der Waals surface area contributed by atoms with Crippen LogP contribution in [-0.2, 0) is 28.0 Å². The second-order valence-electron chi connectivity index (χ2n) is 9.02. The molecular formula is C28H30N4O5S. The maximum Gasteiger partial charge on any atom is 0.277 e. The molecule has 0 unspecified atom stereocenters. The van der Waals surface area contributed by atoms with Crippen LogP contribution in [0.15, 0.2) is 94.5 Å². The first kappa shape index (κ1) is 27.1. The lowest BCUT2D eigenvalue weighted by Crippen LogP contribution is -2.37. The number of hydrogen-bond acceptors (Lipinski definition) is 7. The van der Waals surface area contributed by atoms with Crippen molar-refractivity contribution >= 4 is 21.6 Å². The predicted octanol–water partition coefficient (Wildman–Crippen LogP) is 4.49. The standard InChI is InChI=1S/C28H30N4O5S/c1-19(2)25-16-26(37-31-25)38(34,35)32-27(28(33)30-23-10-6-9-21(15-23)17-29)22-11-13-24(14-12-22)36-18-20-7-4-3-5-8-20/h3-16,19,27,32H,17-18,29H2,1-2H3,(H,30,33)/t27-/m0/s1. The number of nitrogens with two attached hydrogens (primary N) is 1. The predicted molar refractivity (Wildman–Crippen MR) is 144 cm³/mol. The highest BCUT2D eigenvalue weighted by atomic mass is 32.2. The van der Waals surface area contributed by atoms with Crippen molar-refractivity contribution in [3.63, 3.8) is 0 Å². The summed E-state index contributed by atoms with van der Waals surface area (Å²) >= 11 is 0. The van der Waals surface area contributed by atoms with Gasteiger partial charge in [0.1, 0.15) is 18.4 Å². The maximum absolute atomic E-state index is 13.4. The molecule has 4 rings (SSSR count). The van der Waals surface area contributed by atoms with E-state index in [0.29, 0.717) is 35.8 Å². The lowest BCUT2D eigenvalue weighted by molar-refractivity contribution is -0.117. The van der Waals surface area contributed by atoms with E-state index in [-0.39, 0.29) is 11.0 Å². The molecule has 9 nitrogen and oxygen atoms in total. The molecule has 4 aromatic rings. The van der Waals surface area contributed by atoms with Gasteiger partial charge in [0.2, 0.25) is 5.91 Å². The number of nitrogens with one attached hydrogen (secondary N) is 2. The van der Waals surface area contributed by atoms with Gasteiger partial charge < -0.3 is 20.3 Å². The number of amides is 1. The highest BCUT2D eigenvalue weighted by Crippen LogP contribution is 2.24. The quantitative estimate of drug-likeness (QED) is 0.258. The summed E-state index contributed by atoms with van der Waals surface area (Å²) in [5.41, 5.74) is 8.94. The van der Waals surface area contributed by atoms with Gasteiger partial charge in [0, 0.05) is 18.3 Å². The Kier molecular flexibility index (Phi) is 8.57. The number of sulfonamides is 1. The number of carbonyl (C=O) groups excluding carboxylic acids is 1. The summed E-state index contributed by atoms with van der Waals surface area (Å²) in [5.74, 6) is -0.0311. The lowest BCUT2D eigenvalue weighted by atomic mass is 10.1. The van der Waals surface area contributed by atoms with E-state index in [4.69, 9.17) is 15.0 Å². The Labute approximate surface area is 222 Å². The molecule has 0 fully saturated rings. The van der Waals surface area contributed by atoms with Crippen LogP contribution in [0.25, 0.3) is 0 Å². The molecule has 3 aromatic carbocycles. The van der Waals surface area contributed by atoms with Crippen LogP contribution >= 0.6 is 0 Å². The fourth-order valence-electron chi connectivity index (χ4n) is 3.64. The number of aromatic nitrogens is 1. The van der Waals surface area contributed by atoms with Crippen molar-refractivity contribution in [2.24, 2.45) is 5.73 Å². The summed E-state index contributed by atoms with van der Waals surface area (Å²) < 4.78 is 39.7. The largest absolute Gasteiger partial charge is 0.489 e. The van der Waals surface area contributed by atoms with Crippen LogP contribution in [0, 0.1) is 0 Å². The Morgan fingerprint density at radius 1 is 0.974 bits per heavy atom. The Hall–Kier alpha value is -3.99. The molecule has 0 saturated heterocycles. The van der Waals surface area contributed by atoms with Gasteiger partial charge >= 0.3 is 0 Å². The first-order chi connectivity index (χ1) is 18.2. The topological polar surface area (TPSA) is 137 Å². The molecule has 0 radical (unpaired) electrons. The van der Waals surface area contributed by atoms with Crippen molar-refractivity contribution in [2.45, 2.75) is 44.1 Å². The number of rotatable bonds is 11. The second-order valence-corrected chi connectivity index (χ2v) is 10.7. The average Bonchev–Trinajstić information content (AvgIpc) is 3.44. The Morgan fingerprint density at radius 3 is 2.34 bits per heavy atom. The summed E-state index contributed by atoms with van der Waals surface area (Å²) in [6, 6.07) is 23.5. The van der Waals surface area contributed by atoms with Gasteiger partial charge in [-0.3, -0.25) is 4.79 Å². The van der Waals surface area contributed by atoms with Gasteiger partial charge in [0.05, 0.1) is 5.69 Å². The van der Waals surface area contributed by atoms with Crippen LogP contribution in [0.4, 0.5) is 5.69 Å². The van der Waals surface area contributed by atoms with Crippen molar-refractivity contribution < 1.29 is 22.5 Å². The lowest BCUT2D eigenvalue weighted by Gasteiger charge is -2.19. The molecule has 10 heteroatoms. The van der Waals surface area contributed by atoms with Crippen LogP contribution in [0.3, 0.4) is 0 Å². The molecule has 1 aromatic heterocycles. The number of ether oxygens (including phenoxy) is 1. The van der Waals surface area contributed by atoms with E-state index >= 15 is 0 Å². The van der Waals surface area contributed by atoms with Crippen molar-refractivity contribution in [3.05, 3.63) is 107 Å². The molecule has 1 amide bonds. The van der Waals surface area contributed by atoms with Crippen molar-refractivity contribution in [1.82, 2.24) is 9.88 Å². The SMILES string of the molecule is CC(C)c1cc(S(=O)(=O)N[C@H](C(=O)Nc2cccc(CN)c2)c2ccc(OCc3ccccc3)cc2)on1. The maximum atomic E-state index is 13.4. The minimum Gasteiger partial charge on any atom is -0.489 e. The Balaban J connectivity index is 1.58. The summed E-state index contributed by atoms with van der Waals surface area (Å²) in [6.45, 7) is 4.41. The third kappa shape index (κ3) is 6.86. The number of nitrogens with zero attached hydrogens (tertiary/aromatic N) is 1. The molecule has 198 valence electrons. The molecule has 0 saturated carbocycles. The first-order valence-electron chi connectivity index (χ1n) is 12.1. The third-order valence-electron chi connectivity index (χ3n) is 5.79. The minimum atomic E-state index is -4.22. The molecule has 0 aliphatic carbocycles. The number of hydrogen-bond donors (Lipinski definition) is 3. The summed E-state index contributed by atoms with van der Waals surface area (Å²) in [4.78, 5) is 13.4. The van der Waals surface area contributed by atoms with Crippen molar-refractivity contribution in [2.75, 3.05) is 5.32 Å². The molecule has 0 aliphatic rings. The van der Waals surface area contributed by atoms with Gasteiger partial charge in [-0.2, -0.15) is 4.72 Å². The van der Waals surface area contributed by atoms with Gasteiger partial charge in [0.15, 0.2) is 0 Å². The Morgan fingerprint density at radius 2 is 1.68 bits per heavy atom. The summed E-state index contributed by atoms with van der Waals surface area (Å²) in [6.07, 6.45) is 0. The van der Waals surface area contributed by atoms with Crippen LogP contribution in [0.1, 0.15) is 48.2 Å². The van der Waals surface area contributed by atoms with E-state index in [2.05, 4.69) is 15.2 Å². The minimum absolute atomic E-state index is 0.0277. The zero-order valence-electron chi connectivity index (χ0n) is 21.1. The average molecular weight is 535 g/mol. The van der Waals surface area contributed by atoms with E-state index in [1.54, 1.807) is 42.5 Å². The molecule has 38 heavy (non-hydrogen) atoms. The number of anilines is 1. The van der Waals surface area contributed by atoms with Crippen LogP contribution in [0.2, 0.25) is 0 Å². The van der Waals surface area contributed by atoms with Gasteiger partial charge in [-0.05, 0) is 46.9 Å². The monoisotopic (exact) mass is 534 g/mol. The van der Waals surface area contributed by atoms with Gasteiger partial charge in [0.25, 0.3) is 15.1 Å².